The molecular weight excluding hydrogens is 398 g/mol. The summed E-state index contributed by atoms with van der Waals surface area (Å²) < 4.78 is 3.48. The molecule has 4 N–H and O–H groups in total. The van der Waals surface area contributed by atoms with Crippen molar-refractivity contribution in [3.63, 3.8) is 0 Å². The van der Waals surface area contributed by atoms with Gasteiger partial charge in [-0.25, -0.2) is 4.98 Å². The van der Waals surface area contributed by atoms with Gasteiger partial charge in [-0.3, -0.25) is 24.4 Å². The lowest BCUT2D eigenvalue weighted by Gasteiger charge is -2.12. The Kier molecular flexibility index (Phi) is 6.38. The molecular formula is C21H27N7O3. The maximum Gasteiger partial charge on any atom is 0.276 e. The van der Waals surface area contributed by atoms with Gasteiger partial charge in [0.2, 0.25) is 17.8 Å². The van der Waals surface area contributed by atoms with Crippen molar-refractivity contribution >= 4 is 34.7 Å². The maximum atomic E-state index is 13.0. The van der Waals surface area contributed by atoms with Crippen molar-refractivity contribution in [3.05, 3.63) is 40.7 Å². The Morgan fingerprint density at radius 1 is 1.16 bits per heavy atom. The first-order chi connectivity index (χ1) is 14.7. The Bertz CT molecular complexity index is 1160. The molecule has 10 nitrogen and oxygen atoms in total. The normalized spacial score (nSPS) is 11.0. The number of amides is 3. The van der Waals surface area contributed by atoms with Crippen LogP contribution in [0, 0.1) is 13.8 Å². The van der Waals surface area contributed by atoms with Crippen LogP contribution in [0.1, 0.15) is 51.9 Å². The highest BCUT2D eigenvalue weighted by Crippen LogP contribution is 2.26. The summed E-state index contributed by atoms with van der Waals surface area (Å²) in [6.45, 7) is 6.60. The number of aromatic nitrogens is 4. The molecule has 0 spiro atoms. The summed E-state index contributed by atoms with van der Waals surface area (Å²) in [6, 6.07) is 5.02. The molecule has 0 aliphatic heterocycles. The molecule has 164 valence electrons. The zero-order valence-electron chi connectivity index (χ0n) is 18.2. The van der Waals surface area contributed by atoms with Crippen LogP contribution < -0.4 is 16.4 Å². The number of imidazole rings is 1. The van der Waals surface area contributed by atoms with Crippen molar-refractivity contribution in [1.82, 2.24) is 24.6 Å². The molecule has 0 aliphatic rings. The number of fused-ring (bicyclic) bond motifs is 1. The van der Waals surface area contributed by atoms with Gasteiger partial charge in [0.05, 0.1) is 16.7 Å². The standard InChI is InChI=1S/C21H27N7O3/c1-5-28-16(10-13(3)26-28)20(31)25-21-24-15-11-14(19(22)30)9-12(2)18(15)27(21)8-6-7-17(29)23-4/h9-11H,5-8H2,1-4H3,(H2,22,30)(H,23,29)(H,24,25,31). The second-order valence-electron chi connectivity index (χ2n) is 7.33. The number of nitrogens with one attached hydrogen (secondary N) is 2. The average molecular weight is 425 g/mol. The minimum absolute atomic E-state index is 0.0648. The van der Waals surface area contributed by atoms with E-state index < -0.39 is 5.91 Å². The lowest BCUT2D eigenvalue weighted by molar-refractivity contribution is -0.120. The summed E-state index contributed by atoms with van der Waals surface area (Å²) in [5.41, 5.74) is 9.08. The van der Waals surface area contributed by atoms with Crippen LogP contribution in [0.15, 0.2) is 18.2 Å². The number of nitrogens with zero attached hydrogens (tertiary/aromatic N) is 4. The lowest BCUT2D eigenvalue weighted by atomic mass is 10.1. The van der Waals surface area contributed by atoms with Gasteiger partial charge < -0.3 is 15.6 Å². The van der Waals surface area contributed by atoms with E-state index in [-0.39, 0.29) is 11.8 Å². The third-order valence-electron chi connectivity index (χ3n) is 5.04. The number of carbonyl (C=O) groups excluding carboxylic acids is 3. The Morgan fingerprint density at radius 3 is 2.55 bits per heavy atom. The van der Waals surface area contributed by atoms with Crippen LogP contribution in [0.2, 0.25) is 0 Å². The summed E-state index contributed by atoms with van der Waals surface area (Å²) >= 11 is 0. The summed E-state index contributed by atoms with van der Waals surface area (Å²) in [4.78, 5) is 40.8. The minimum Gasteiger partial charge on any atom is -0.366 e. The molecule has 3 aromatic rings. The number of aryl methyl sites for hydroxylation is 4. The van der Waals surface area contributed by atoms with Crippen molar-refractivity contribution in [1.29, 1.82) is 0 Å². The van der Waals surface area contributed by atoms with E-state index in [0.717, 1.165) is 16.8 Å². The summed E-state index contributed by atoms with van der Waals surface area (Å²) in [7, 11) is 1.59. The maximum absolute atomic E-state index is 13.0. The van der Waals surface area contributed by atoms with Gasteiger partial charge in [0.1, 0.15) is 5.69 Å². The first kappa shape index (κ1) is 22.0. The largest absolute Gasteiger partial charge is 0.366 e. The quantitative estimate of drug-likeness (QED) is 0.505. The number of rotatable bonds is 8. The number of hydrogen-bond acceptors (Lipinski definition) is 5. The predicted octanol–water partition coefficient (Wildman–Crippen LogP) is 1.75. The van der Waals surface area contributed by atoms with E-state index in [1.54, 1.807) is 29.9 Å². The van der Waals surface area contributed by atoms with Gasteiger partial charge in [-0.05, 0) is 51.0 Å². The molecule has 1 aromatic carbocycles. The van der Waals surface area contributed by atoms with Crippen LogP contribution in [0.4, 0.5) is 5.95 Å². The Labute approximate surface area is 179 Å². The first-order valence-electron chi connectivity index (χ1n) is 10.1. The molecule has 10 heteroatoms. The molecule has 31 heavy (non-hydrogen) atoms. The zero-order valence-corrected chi connectivity index (χ0v) is 18.2. The highest BCUT2D eigenvalue weighted by atomic mass is 16.2. The van der Waals surface area contributed by atoms with E-state index in [9.17, 15) is 14.4 Å². The number of carbonyl (C=O) groups is 3. The second-order valence-corrected chi connectivity index (χ2v) is 7.33. The summed E-state index contributed by atoms with van der Waals surface area (Å²) in [5.74, 6) is -0.613. The van der Waals surface area contributed by atoms with Crippen LogP contribution in [-0.2, 0) is 17.9 Å². The topological polar surface area (TPSA) is 137 Å². The van der Waals surface area contributed by atoms with Crippen molar-refractivity contribution in [3.8, 4) is 0 Å². The number of nitrogens with two attached hydrogens (primary N) is 1. The fourth-order valence-electron chi connectivity index (χ4n) is 3.59. The van der Waals surface area contributed by atoms with Crippen LogP contribution in [0.25, 0.3) is 11.0 Å². The smallest absolute Gasteiger partial charge is 0.276 e. The molecule has 0 atom stereocenters. The van der Waals surface area contributed by atoms with E-state index in [1.165, 1.54) is 0 Å². The molecule has 2 heterocycles. The molecule has 0 bridgehead atoms. The van der Waals surface area contributed by atoms with Crippen molar-refractivity contribution in [2.45, 2.75) is 46.7 Å². The second kappa shape index (κ2) is 8.99. The molecule has 0 saturated heterocycles. The minimum atomic E-state index is -0.549. The Balaban J connectivity index is 2.02. The summed E-state index contributed by atoms with van der Waals surface area (Å²) in [6.07, 6.45) is 0.890. The van der Waals surface area contributed by atoms with E-state index in [0.29, 0.717) is 48.7 Å². The van der Waals surface area contributed by atoms with Crippen molar-refractivity contribution in [2.75, 3.05) is 12.4 Å². The number of anilines is 1. The lowest BCUT2D eigenvalue weighted by Crippen LogP contribution is -2.21. The molecule has 3 rings (SSSR count). The van der Waals surface area contributed by atoms with Crippen molar-refractivity contribution in [2.24, 2.45) is 5.73 Å². The Morgan fingerprint density at radius 2 is 1.90 bits per heavy atom. The fraction of sp³-hybridized carbons (Fsp3) is 0.381. The first-order valence-corrected chi connectivity index (χ1v) is 10.1. The van der Waals surface area contributed by atoms with Crippen LogP contribution in [0.5, 0.6) is 0 Å². The molecule has 0 radical (unpaired) electrons. The highest BCUT2D eigenvalue weighted by molar-refractivity contribution is 6.03. The fourth-order valence-corrected chi connectivity index (χ4v) is 3.59. The van der Waals surface area contributed by atoms with Crippen LogP contribution in [0.3, 0.4) is 0 Å². The highest BCUT2D eigenvalue weighted by Gasteiger charge is 2.20. The number of hydrogen-bond donors (Lipinski definition) is 3. The van der Waals surface area contributed by atoms with Crippen LogP contribution >= 0.6 is 0 Å². The van der Waals surface area contributed by atoms with Gasteiger partial charge in [-0.1, -0.05) is 0 Å². The molecule has 0 saturated carbocycles. The third-order valence-corrected chi connectivity index (χ3v) is 5.04. The monoisotopic (exact) mass is 425 g/mol. The molecule has 0 fully saturated rings. The SMILES string of the molecule is CCn1nc(C)cc1C(=O)Nc1nc2cc(C(N)=O)cc(C)c2n1CCCC(=O)NC. The van der Waals surface area contributed by atoms with E-state index in [2.05, 4.69) is 20.7 Å². The molecule has 0 unspecified atom stereocenters. The average Bonchev–Trinajstić information content (AvgIpc) is 3.27. The molecule has 3 amide bonds. The number of benzene rings is 1. The molecule has 0 aliphatic carbocycles. The third kappa shape index (κ3) is 4.57. The van der Waals surface area contributed by atoms with Gasteiger partial charge in [-0.2, -0.15) is 5.10 Å². The van der Waals surface area contributed by atoms with Gasteiger partial charge in [0.25, 0.3) is 5.91 Å². The molecule has 2 aromatic heterocycles. The summed E-state index contributed by atoms with van der Waals surface area (Å²) in [5, 5.41) is 9.78. The van der Waals surface area contributed by atoms with Crippen LogP contribution in [-0.4, -0.2) is 44.1 Å². The Hall–Kier alpha value is -3.69. The van der Waals surface area contributed by atoms with E-state index in [4.69, 9.17) is 5.73 Å². The van der Waals surface area contributed by atoms with E-state index >= 15 is 0 Å². The van der Waals surface area contributed by atoms with Crippen molar-refractivity contribution < 1.29 is 14.4 Å². The number of primary amides is 1. The van der Waals surface area contributed by atoms with Gasteiger partial charge in [0, 0.05) is 32.1 Å². The predicted molar refractivity (Wildman–Crippen MR) is 117 cm³/mol. The van der Waals surface area contributed by atoms with Gasteiger partial charge in [-0.15, -0.1) is 0 Å². The van der Waals surface area contributed by atoms with E-state index in [1.807, 2.05) is 25.3 Å². The van der Waals surface area contributed by atoms with Gasteiger partial charge >= 0.3 is 0 Å². The zero-order chi connectivity index (χ0) is 22.7. The van der Waals surface area contributed by atoms with Gasteiger partial charge in [0.15, 0.2) is 0 Å².